The predicted octanol–water partition coefficient (Wildman–Crippen LogP) is 7.05. The van der Waals surface area contributed by atoms with Gasteiger partial charge in [0.25, 0.3) is 0 Å². The highest BCUT2D eigenvalue weighted by molar-refractivity contribution is 5.35. The minimum Gasteiger partial charge on any atom is -0.508 e. The lowest BCUT2D eigenvalue weighted by atomic mass is 9.84. The molecule has 24 heavy (non-hydrogen) atoms. The summed E-state index contributed by atoms with van der Waals surface area (Å²) in [5, 5.41) is 9.85. The van der Waals surface area contributed by atoms with Crippen LogP contribution >= 0.6 is 0 Å². The van der Waals surface area contributed by atoms with Crippen molar-refractivity contribution in [3.05, 3.63) is 29.3 Å². The number of hydrogen-bond acceptors (Lipinski definition) is 1. The largest absolute Gasteiger partial charge is 0.508 e. The van der Waals surface area contributed by atoms with Gasteiger partial charge in [-0.15, -0.1) is 0 Å². The Morgan fingerprint density at radius 3 is 2.33 bits per heavy atom. The molecule has 1 saturated carbocycles. The van der Waals surface area contributed by atoms with Crippen molar-refractivity contribution >= 4 is 0 Å². The van der Waals surface area contributed by atoms with Crippen LogP contribution in [0.4, 0.5) is 0 Å². The van der Waals surface area contributed by atoms with Crippen LogP contribution in [0.15, 0.2) is 18.2 Å². The van der Waals surface area contributed by atoms with E-state index in [1.165, 1.54) is 75.3 Å². The van der Waals surface area contributed by atoms with Crippen molar-refractivity contribution in [2.45, 2.75) is 98.3 Å². The van der Waals surface area contributed by atoms with E-state index in [1.54, 1.807) is 0 Å². The molecule has 0 saturated heterocycles. The molecule has 136 valence electrons. The molecule has 2 rings (SSSR count). The Morgan fingerprint density at radius 2 is 1.67 bits per heavy atom. The third kappa shape index (κ3) is 6.49. The number of hydrogen-bond donors (Lipinski definition) is 1. The standard InChI is InChI=1S/C23H38O/c1-5-22(2,3)14-8-6-11-20-18-21(24)13-12-19(20)10-7-9-15-23(4)16-17-23/h12-13,18,24H,5-11,14-17H2,1-4H3. The van der Waals surface area contributed by atoms with Crippen molar-refractivity contribution < 1.29 is 5.11 Å². The Morgan fingerprint density at radius 1 is 1.00 bits per heavy atom. The number of aromatic hydroxyl groups is 1. The maximum Gasteiger partial charge on any atom is 0.115 e. The number of phenols is 1. The van der Waals surface area contributed by atoms with E-state index in [0.29, 0.717) is 16.6 Å². The molecule has 0 bridgehead atoms. The summed E-state index contributed by atoms with van der Waals surface area (Å²) < 4.78 is 0. The average molecular weight is 331 g/mol. The van der Waals surface area contributed by atoms with Gasteiger partial charge in [-0.05, 0) is 85.5 Å². The summed E-state index contributed by atoms with van der Waals surface area (Å²) in [7, 11) is 0. The fourth-order valence-electron chi connectivity index (χ4n) is 3.52. The van der Waals surface area contributed by atoms with Gasteiger partial charge in [0.05, 0.1) is 0 Å². The Hall–Kier alpha value is -0.980. The van der Waals surface area contributed by atoms with Crippen LogP contribution in [0.25, 0.3) is 0 Å². The van der Waals surface area contributed by atoms with Crippen LogP contribution in [0.3, 0.4) is 0 Å². The molecule has 0 unspecified atom stereocenters. The van der Waals surface area contributed by atoms with E-state index in [9.17, 15) is 5.11 Å². The van der Waals surface area contributed by atoms with E-state index in [4.69, 9.17) is 0 Å². The van der Waals surface area contributed by atoms with E-state index in [2.05, 4.69) is 33.8 Å². The molecule has 1 heteroatoms. The van der Waals surface area contributed by atoms with E-state index >= 15 is 0 Å². The van der Waals surface area contributed by atoms with Crippen LogP contribution in [0.5, 0.6) is 5.75 Å². The summed E-state index contributed by atoms with van der Waals surface area (Å²) >= 11 is 0. The smallest absolute Gasteiger partial charge is 0.115 e. The molecule has 1 aliphatic rings. The van der Waals surface area contributed by atoms with E-state index in [1.807, 2.05) is 12.1 Å². The van der Waals surface area contributed by atoms with Crippen molar-refractivity contribution in [2.24, 2.45) is 10.8 Å². The van der Waals surface area contributed by atoms with Gasteiger partial charge in [-0.1, -0.05) is 53.0 Å². The predicted molar refractivity (Wildman–Crippen MR) is 105 cm³/mol. The van der Waals surface area contributed by atoms with Crippen LogP contribution in [-0.2, 0) is 12.8 Å². The molecule has 0 heterocycles. The van der Waals surface area contributed by atoms with Crippen molar-refractivity contribution in [2.75, 3.05) is 0 Å². The second-order valence-electron chi connectivity index (χ2n) is 9.20. The Bertz CT molecular complexity index is 511. The number of unbranched alkanes of at least 4 members (excludes halogenated alkanes) is 2. The lowest BCUT2D eigenvalue weighted by Crippen LogP contribution is -2.09. The Balaban J connectivity index is 1.78. The van der Waals surface area contributed by atoms with Crippen molar-refractivity contribution in [1.82, 2.24) is 0 Å². The van der Waals surface area contributed by atoms with Gasteiger partial charge < -0.3 is 5.11 Å². The highest BCUT2D eigenvalue weighted by Crippen LogP contribution is 2.49. The maximum atomic E-state index is 9.85. The van der Waals surface area contributed by atoms with Gasteiger partial charge >= 0.3 is 0 Å². The van der Waals surface area contributed by atoms with Crippen molar-refractivity contribution in [1.29, 1.82) is 0 Å². The first kappa shape index (κ1) is 19.3. The summed E-state index contributed by atoms with van der Waals surface area (Å²) in [4.78, 5) is 0. The SMILES string of the molecule is CCC(C)(C)CCCCc1cc(O)ccc1CCCCC1(C)CC1. The summed E-state index contributed by atoms with van der Waals surface area (Å²) in [5.41, 5.74) is 4.00. The monoisotopic (exact) mass is 330 g/mol. The quantitative estimate of drug-likeness (QED) is 0.431. The zero-order valence-corrected chi connectivity index (χ0v) is 16.5. The minimum absolute atomic E-state index is 0.424. The van der Waals surface area contributed by atoms with Gasteiger partial charge in [-0.2, -0.15) is 0 Å². The fraction of sp³-hybridized carbons (Fsp3) is 0.739. The molecule has 1 nitrogen and oxygen atoms in total. The van der Waals surface area contributed by atoms with E-state index in [-0.39, 0.29) is 0 Å². The Kier molecular flexibility index (Phi) is 6.78. The average Bonchev–Trinajstić information content (AvgIpc) is 3.27. The second-order valence-corrected chi connectivity index (χ2v) is 9.20. The van der Waals surface area contributed by atoms with Crippen LogP contribution in [-0.4, -0.2) is 5.11 Å². The molecule has 0 amide bonds. The molecule has 1 aromatic rings. The van der Waals surface area contributed by atoms with Crippen LogP contribution in [0.1, 0.15) is 96.6 Å². The molecule has 1 aliphatic carbocycles. The van der Waals surface area contributed by atoms with Crippen molar-refractivity contribution in [3.63, 3.8) is 0 Å². The molecule has 0 aliphatic heterocycles. The van der Waals surface area contributed by atoms with Crippen LogP contribution < -0.4 is 0 Å². The van der Waals surface area contributed by atoms with E-state index in [0.717, 1.165) is 6.42 Å². The fourth-order valence-corrected chi connectivity index (χ4v) is 3.52. The van der Waals surface area contributed by atoms with Gasteiger partial charge in [-0.3, -0.25) is 0 Å². The van der Waals surface area contributed by atoms with Gasteiger partial charge in [0.2, 0.25) is 0 Å². The highest BCUT2D eigenvalue weighted by atomic mass is 16.3. The molecule has 0 spiro atoms. The third-order valence-electron chi connectivity index (χ3n) is 6.28. The number of rotatable bonds is 11. The first-order chi connectivity index (χ1) is 11.3. The lowest BCUT2D eigenvalue weighted by molar-refractivity contribution is 0.309. The molecule has 1 fully saturated rings. The molecular formula is C23H38O. The summed E-state index contributed by atoms with van der Waals surface area (Å²) in [5.74, 6) is 0.424. The summed E-state index contributed by atoms with van der Waals surface area (Å²) in [6.45, 7) is 9.45. The molecule has 0 atom stereocenters. The zero-order chi connectivity index (χ0) is 17.6. The summed E-state index contributed by atoms with van der Waals surface area (Å²) in [6.07, 6.45) is 14.3. The normalized spacial score (nSPS) is 16.3. The zero-order valence-electron chi connectivity index (χ0n) is 16.5. The second kappa shape index (κ2) is 8.41. The molecule has 1 N–H and O–H groups in total. The minimum atomic E-state index is 0.424. The van der Waals surface area contributed by atoms with Gasteiger partial charge in [-0.25, -0.2) is 0 Å². The summed E-state index contributed by atoms with van der Waals surface area (Å²) in [6, 6.07) is 6.02. The van der Waals surface area contributed by atoms with Crippen LogP contribution in [0, 0.1) is 10.8 Å². The van der Waals surface area contributed by atoms with Crippen LogP contribution in [0.2, 0.25) is 0 Å². The van der Waals surface area contributed by atoms with Gasteiger partial charge in [0.15, 0.2) is 0 Å². The number of benzene rings is 1. The first-order valence-electron chi connectivity index (χ1n) is 10.1. The molecule has 0 radical (unpaired) electrons. The lowest BCUT2D eigenvalue weighted by Gasteiger charge is -2.22. The third-order valence-corrected chi connectivity index (χ3v) is 6.28. The van der Waals surface area contributed by atoms with Gasteiger partial charge in [0, 0.05) is 0 Å². The van der Waals surface area contributed by atoms with Gasteiger partial charge in [0.1, 0.15) is 5.75 Å². The number of aryl methyl sites for hydroxylation is 2. The maximum absolute atomic E-state index is 9.85. The van der Waals surface area contributed by atoms with E-state index < -0.39 is 0 Å². The Labute approximate surface area is 149 Å². The number of phenolic OH excluding ortho intramolecular Hbond substituents is 1. The highest BCUT2D eigenvalue weighted by Gasteiger charge is 2.35. The topological polar surface area (TPSA) is 20.2 Å². The first-order valence-corrected chi connectivity index (χ1v) is 10.1. The molecular weight excluding hydrogens is 292 g/mol. The molecule has 1 aromatic carbocycles. The molecule has 0 aromatic heterocycles. The van der Waals surface area contributed by atoms with Crippen molar-refractivity contribution in [3.8, 4) is 5.75 Å².